The highest BCUT2D eigenvalue weighted by atomic mass is 32.1. The smallest absolute Gasteiger partial charge is 0.0495 e. The van der Waals surface area contributed by atoms with Crippen molar-refractivity contribution in [1.82, 2.24) is 0 Å². The van der Waals surface area contributed by atoms with Gasteiger partial charge in [-0.2, -0.15) is 0 Å². The van der Waals surface area contributed by atoms with Gasteiger partial charge >= 0.3 is 0 Å². The van der Waals surface area contributed by atoms with Crippen molar-refractivity contribution in [3.05, 3.63) is 11.1 Å². The summed E-state index contributed by atoms with van der Waals surface area (Å²) >= 11 is 4.18. The van der Waals surface area contributed by atoms with E-state index in [1.165, 1.54) is 19.0 Å². The normalized spacial score (nSPS) is 20.5. The van der Waals surface area contributed by atoms with Crippen LogP contribution in [0.5, 0.6) is 0 Å². The maximum Gasteiger partial charge on any atom is 0.0495 e. The van der Waals surface area contributed by atoms with Gasteiger partial charge in [-0.05, 0) is 19.3 Å². The lowest BCUT2D eigenvalue weighted by atomic mass is 10.1. The first-order chi connectivity index (χ1) is 4.84. The van der Waals surface area contributed by atoms with Crippen LogP contribution in [0.4, 0.5) is 0 Å². The second-order valence-corrected chi connectivity index (χ2v) is 2.82. The van der Waals surface area contributed by atoms with E-state index >= 15 is 0 Å². The fourth-order valence-corrected chi connectivity index (χ4v) is 1.19. The summed E-state index contributed by atoms with van der Waals surface area (Å²) in [6, 6.07) is 0. The number of nitrogens with two attached hydrogens (primary N) is 1. The molecule has 0 aromatic heterocycles. The van der Waals surface area contributed by atoms with Gasteiger partial charge in [-0.25, -0.2) is 0 Å². The van der Waals surface area contributed by atoms with Crippen molar-refractivity contribution in [2.45, 2.75) is 19.3 Å². The van der Waals surface area contributed by atoms with Crippen LogP contribution in [0.25, 0.3) is 0 Å². The van der Waals surface area contributed by atoms with Crippen molar-refractivity contribution in [2.24, 2.45) is 10.7 Å². The van der Waals surface area contributed by atoms with E-state index in [9.17, 15) is 0 Å². The summed E-state index contributed by atoms with van der Waals surface area (Å²) in [7, 11) is 0. The lowest BCUT2D eigenvalue weighted by molar-refractivity contribution is 0.739. The highest BCUT2D eigenvalue weighted by Gasteiger charge is 2.05. The van der Waals surface area contributed by atoms with Gasteiger partial charge in [0.1, 0.15) is 0 Å². The van der Waals surface area contributed by atoms with Gasteiger partial charge in [0.25, 0.3) is 0 Å². The highest BCUT2D eigenvalue weighted by Crippen LogP contribution is 2.13. The molecule has 2 nitrogen and oxygen atoms in total. The first-order valence-electron chi connectivity index (χ1n) is 3.49. The summed E-state index contributed by atoms with van der Waals surface area (Å²) in [6.45, 7) is 0.938. The van der Waals surface area contributed by atoms with Gasteiger partial charge in [0, 0.05) is 23.4 Å². The van der Waals surface area contributed by atoms with Gasteiger partial charge in [0.05, 0.1) is 0 Å². The summed E-state index contributed by atoms with van der Waals surface area (Å²) in [5.74, 6) is 0. The van der Waals surface area contributed by atoms with Gasteiger partial charge in [-0.15, -0.1) is 12.6 Å². The predicted octanol–water partition coefficient (Wildman–Crippen LogP) is 1.34. The molecule has 1 rings (SSSR count). The minimum atomic E-state index is 0.833. The molecule has 1 heterocycles. The SMILES string of the molecule is NC=C(S)C1=NCCCC1. The Hall–Kier alpha value is -0.440. The molecular weight excluding hydrogens is 144 g/mol. The van der Waals surface area contributed by atoms with Crippen LogP contribution in [0.2, 0.25) is 0 Å². The van der Waals surface area contributed by atoms with Crippen LogP contribution < -0.4 is 5.73 Å². The van der Waals surface area contributed by atoms with Gasteiger partial charge in [0.15, 0.2) is 0 Å². The minimum absolute atomic E-state index is 0.833. The van der Waals surface area contributed by atoms with Crippen LogP contribution in [0.1, 0.15) is 19.3 Å². The van der Waals surface area contributed by atoms with E-state index < -0.39 is 0 Å². The fraction of sp³-hybridized carbons (Fsp3) is 0.571. The molecule has 0 saturated carbocycles. The summed E-state index contributed by atoms with van der Waals surface area (Å²) < 4.78 is 0. The molecule has 0 aromatic carbocycles. The maximum atomic E-state index is 5.28. The zero-order valence-corrected chi connectivity index (χ0v) is 6.77. The molecule has 0 unspecified atom stereocenters. The third-order valence-corrected chi connectivity index (χ3v) is 1.99. The molecular formula is C7H12N2S. The second-order valence-electron chi connectivity index (χ2n) is 2.34. The molecule has 0 saturated heterocycles. The average Bonchev–Trinajstić information content (AvgIpc) is 2.05. The predicted molar refractivity (Wildman–Crippen MR) is 47.4 cm³/mol. The Bertz CT molecular complexity index is 172. The molecule has 1 aliphatic rings. The third kappa shape index (κ3) is 1.77. The lowest BCUT2D eigenvalue weighted by Crippen LogP contribution is -2.07. The quantitative estimate of drug-likeness (QED) is 0.552. The average molecular weight is 156 g/mol. The van der Waals surface area contributed by atoms with Crippen LogP contribution in [-0.4, -0.2) is 12.3 Å². The number of hydrogen-bond donors (Lipinski definition) is 2. The Morgan fingerprint density at radius 3 is 2.90 bits per heavy atom. The van der Waals surface area contributed by atoms with Crippen molar-refractivity contribution in [2.75, 3.05) is 6.54 Å². The zero-order chi connectivity index (χ0) is 7.40. The highest BCUT2D eigenvalue weighted by molar-refractivity contribution is 7.85. The van der Waals surface area contributed by atoms with Crippen LogP contribution in [-0.2, 0) is 0 Å². The Morgan fingerprint density at radius 1 is 1.60 bits per heavy atom. The van der Waals surface area contributed by atoms with Crippen molar-refractivity contribution < 1.29 is 0 Å². The minimum Gasteiger partial charge on any atom is -0.404 e. The summed E-state index contributed by atoms with van der Waals surface area (Å²) in [6.07, 6.45) is 4.96. The molecule has 10 heavy (non-hydrogen) atoms. The molecule has 0 spiro atoms. The van der Waals surface area contributed by atoms with Gasteiger partial charge in [0.2, 0.25) is 0 Å². The fourth-order valence-electron chi connectivity index (χ4n) is 1.00. The van der Waals surface area contributed by atoms with Crippen LogP contribution in [0, 0.1) is 0 Å². The monoisotopic (exact) mass is 156 g/mol. The van der Waals surface area contributed by atoms with E-state index in [1.54, 1.807) is 0 Å². The second kappa shape index (κ2) is 3.66. The molecule has 0 bridgehead atoms. The number of hydrogen-bond acceptors (Lipinski definition) is 3. The molecule has 0 atom stereocenters. The molecule has 1 aliphatic heterocycles. The van der Waals surface area contributed by atoms with Crippen molar-refractivity contribution in [3.8, 4) is 0 Å². The molecule has 0 aromatic rings. The Kier molecular flexibility index (Phi) is 2.81. The molecule has 0 amide bonds. The molecule has 56 valence electrons. The van der Waals surface area contributed by atoms with Crippen molar-refractivity contribution >= 4 is 18.3 Å². The molecule has 0 fully saturated rings. The number of nitrogens with zero attached hydrogens (tertiary/aromatic N) is 1. The van der Waals surface area contributed by atoms with Crippen molar-refractivity contribution in [1.29, 1.82) is 0 Å². The van der Waals surface area contributed by atoms with E-state index in [-0.39, 0.29) is 0 Å². The topological polar surface area (TPSA) is 38.4 Å². The number of rotatable bonds is 1. The zero-order valence-electron chi connectivity index (χ0n) is 5.88. The number of allylic oxidation sites excluding steroid dienone is 1. The standard InChI is InChI=1S/C7H12N2S/c8-5-7(10)6-3-1-2-4-9-6/h5,10H,1-4,8H2. The van der Waals surface area contributed by atoms with Crippen molar-refractivity contribution in [3.63, 3.8) is 0 Å². The Balaban J connectivity index is 2.62. The Labute approximate surface area is 66.6 Å². The van der Waals surface area contributed by atoms with Gasteiger partial charge < -0.3 is 5.73 Å². The molecule has 3 heteroatoms. The van der Waals surface area contributed by atoms with E-state index in [0.29, 0.717) is 0 Å². The van der Waals surface area contributed by atoms with E-state index in [4.69, 9.17) is 5.73 Å². The molecule has 0 radical (unpaired) electrons. The van der Waals surface area contributed by atoms with E-state index in [2.05, 4.69) is 17.6 Å². The third-order valence-electron chi connectivity index (χ3n) is 1.58. The number of aliphatic imine (C=N–C) groups is 1. The number of thiol groups is 1. The van der Waals surface area contributed by atoms with Gasteiger partial charge in [-0.3, -0.25) is 4.99 Å². The van der Waals surface area contributed by atoms with E-state index in [0.717, 1.165) is 23.6 Å². The largest absolute Gasteiger partial charge is 0.404 e. The molecule has 0 aliphatic carbocycles. The van der Waals surface area contributed by atoms with Crippen LogP contribution in [0.3, 0.4) is 0 Å². The first kappa shape index (κ1) is 7.66. The maximum absolute atomic E-state index is 5.28. The first-order valence-corrected chi connectivity index (χ1v) is 3.94. The van der Waals surface area contributed by atoms with Crippen LogP contribution >= 0.6 is 12.6 Å². The summed E-state index contributed by atoms with van der Waals surface area (Å²) in [5, 5.41) is 0. The summed E-state index contributed by atoms with van der Waals surface area (Å²) in [4.78, 5) is 5.13. The van der Waals surface area contributed by atoms with Crippen LogP contribution in [0.15, 0.2) is 16.1 Å². The molecule has 2 N–H and O–H groups in total. The van der Waals surface area contributed by atoms with Gasteiger partial charge in [-0.1, -0.05) is 0 Å². The lowest BCUT2D eigenvalue weighted by Gasteiger charge is -2.10. The van der Waals surface area contributed by atoms with E-state index in [1.807, 2.05) is 0 Å². The Morgan fingerprint density at radius 2 is 2.40 bits per heavy atom. The summed E-state index contributed by atoms with van der Waals surface area (Å²) in [5.41, 5.74) is 6.35.